The fraction of sp³-hybridized carbons (Fsp3) is 0.143. The molecule has 0 atom stereocenters. The van der Waals surface area contributed by atoms with Gasteiger partial charge in [-0.15, -0.1) is 0 Å². The Labute approximate surface area is 105 Å². The SMILES string of the molecule is Cc1ccccc1-n1cc(C(=N)N)c(=O)cc1C. The van der Waals surface area contributed by atoms with E-state index in [2.05, 4.69) is 0 Å². The van der Waals surface area contributed by atoms with Crippen LogP contribution in [0.25, 0.3) is 5.69 Å². The van der Waals surface area contributed by atoms with E-state index >= 15 is 0 Å². The van der Waals surface area contributed by atoms with Crippen molar-refractivity contribution < 1.29 is 0 Å². The zero-order chi connectivity index (χ0) is 13.3. The summed E-state index contributed by atoms with van der Waals surface area (Å²) in [6.07, 6.45) is 1.63. The fourth-order valence-electron chi connectivity index (χ4n) is 1.93. The number of para-hydroxylation sites is 1. The Hall–Kier alpha value is -2.36. The van der Waals surface area contributed by atoms with E-state index in [1.807, 2.05) is 42.7 Å². The van der Waals surface area contributed by atoms with Gasteiger partial charge in [0, 0.05) is 23.6 Å². The molecule has 0 spiro atoms. The molecule has 0 fully saturated rings. The lowest BCUT2D eigenvalue weighted by atomic mass is 10.1. The Morgan fingerprint density at radius 3 is 2.56 bits per heavy atom. The van der Waals surface area contributed by atoms with Crippen molar-refractivity contribution in [1.82, 2.24) is 4.57 Å². The molecule has 0 saturated heterocycles. The maximum atomic E-state index is 11.7. The van der Waals surface area contributed by atoms with Crippen LogP contribution >= 0.6 is 0 Å². The standard InChI is InChI=1S/C14H15N3O/c1-9-5-3-4-6-12(9)17-8-11(14(15)16)13(18)7-10(17)2/h3-8H,1-2H3,(H3,15,16). The predicted octanol–water partition coefficient (Wildman–Crippen LogP) is 1.74. The smallest absolute Gasteiger partial charge is 0.192 e. The van der Waals surface area contributed by atoms with Gasteiger partial charge in [-0.25, -0.2) is 0 Å². The second kappa shape index (κ2) is 4.49. The van der Waals surface area contributed by atoms with E-state index < -0.39 is 0 Å². The summed E-state index contributed by atoms with van der Waals surface area (Å²) in [4.78, 5) is 11.7. The summed E-state index contributed by atoms with van der Waals surface area (Å²) in [5.74, 6) is -0.206. The number of pyridine rings is 1. The maximum absolute atomic E-state index is 11.7. The predicted molar refractivity (Wildman–Crippen MR) is 72.5 cm³/mol. The maximum Gasteiger partial charge on any atom is 0.192 e. The molecule has 92 valence electrons. The fourth-order valence-corrected chi connectivity index (χ4v) is 1.93. The van der Waals surface area contributed by atoms with Crippen LogP contribution in [0.3, 0.4) is 0 Å². The Kier molecular flexibility index (Phi) is 3.02. The van der Waals surface area contributed by atoms with E-state index in [9.17, 15) is 4.79 Å². The summed E-state index contributed by atoms with van der Waals surface area (Å²) in [5, 5.41) is 7.42. The molecule has 0 aliphatic carbocycles. The third kappa shape index (κ3) is 2.05. The number of nitrogen functional groups attached to an aromatic ring is 1. The first-order valence-electron chi connectivity index (χ1n) is 5.64. The van der Waals surface area contributed by atoms with Crippen LogP contribution in [-0.2, 0) is 0 Å². The lowest BCUT2D eigenvalue weighted by Gasteiger charge is -2.14. The van der Waals surface area contributed by atoms with Crippen molar-refractivity contribution in [1.29, 1.82) is 5.41 Å². The van der Waals surface area contributed by atoms with E-state index in [4.69, 9.17) is 11.1 Å². The van der Waals surface area contributed by atoms with Crippen molar-refractivity contribution in [2.24, 2.45) is 5.73 Å². The van der Waals surface area contributed by atoms with Crippen LogP contribution in [0.2, 0.25) is 0 Å². The average Bonchev–Trinajstić information content (AvgIpc) is 2.30. The van der Waals surface area contributed by atoms with Gasteiger partial charge in [-0.2, -0.15) is 0 Å². The topological polar surface area (TPSA) is 71.9 Å². The van der Waals surface area contributed by atoms with Crippen LogP contribution in [0.1, 0.15) is 16.8 Å². The van der Waals surface area contributed by atoms with Gasteiger partial charge in [-0.1, -0.05) is 18.2 Å². The molecule has 0 saturated carbocycles. The molecule has 0 radical (unpaired) electrons. The molecule has 1 aromatic carbocycles. The summed E-state index contributed by atoms with van der Waals surface area (Å²) < 4.78 is 1.88. The highest BCUT2D eigenvalue weighted by molar-refractivity contribution is 5.94. The van der Waals surface area contributed by atoms with Crippen LogP contribution in [0.15, 0.2) is 41.3 Å². The molecular formula is C14H15N3O. The zero-order valence-corrected chi connectivity index (χ0v) is 10.4. The third-order valence-electron chi connectivity index (χ3n) is 2.91. The van der Waals surface area contributed by atoms with Crippen molar-refractivity contribution in [2.75, 3.05) is 0 Å². The van der Waals surface area contributed by atoms with E-state index in [1.54, 1.807) is 6.20 Å². The minimum Gasteiger partial charge on any atom is -0.384 e. The molecule has 1 aromatic heterocycles. The molecule has 1 heterocycles. The van der Waals surface area contributed by atoms with E-state index in [1.165, 1.54) is 6.07 Å². The van der Waals surface area contributed by atoms with Crippen LogP contribution in [0.5, 0.6) is 0 Å². The van der Waals surface area contributed by atoms with Gasteiger partial charge >= 0.3 is 0 Å². The third-order valence-corrected chi connectivity index (χ3v) is 2.91. The second-order valence-electron chi connectivity index (χ2n) is 4.26. The quantitative estimate of drug-likeness (QED) is 0.621. The Morgan fingerprint density at radius 1 is 1.28 bits per heavy atom. The number of hydrogen-bond acceptors (Lipinski definition) is 2. The lowest BCUT2D eigenvalue weighted by molar-refractivity contribution is 0.958. The molecule has 0 unspecified atom stereocenters. The highest BCUT2D eigenvalue weighted by atomic mass is 16.1. The first kappa shape index (κ1) is 12.1. The Balaban J connectivity index is 2.73. The Morgan fingerprint density at radius 2 is 1.94 bits per heavy atom. The van der Waals surface area contributed by atoms with Crippen LogP contribution in [0, 0.1) is 19.3 Å². The minimum absolute atomic E-state index is 0.206. The van der Waals surface area contributed by atoms with Crippen molar-refractivity contribution >= 4 is 5.84 Å². The molecule has 4 heteroatoms. The first-order chi connectivity index (χ1) is 8.50. The van der Waals surface area contributed by atoms with Gasteiger partial charge in [0.1, 0.15) is 5.84 Å². The highest BCUT2D eigenvalue weighted by Crippen LogP contribution is 2.15. The second-order valence-corrected chi connectivity index (χ2v) is 4.26. The monoisotopic (exact) mass is 241 g/mol. The number of hydrogen-bond donors (Lipinski definition) is 2. The summed E-state index contributed by atoms with van der Waals surface area (Å²) in [7, 11) is 0. The number of amidine groups is 1. The van der Waals surface area contributed by atoms with Crippen LogP contribution in [0.4, 0.5) is 0 Å². The van der Waals surface area contributed by atoms with Gasteiger partial charge in [0.15, 0.2) is 5.43 Å². The molecule has 4 nitrogen and oxygen atoms in total. The number of nitrogens with one attached hydrogen (secondary N) is 1. The van der Waals surface area contributed by atoms with Gasteiger partial charge < -0.3 is 10.3 Å². The number of nitrogens with zero attached hydrogens (tertiary/aromatic N) is 1. The van der Waals surface area contributed by atoms with E-state index in [-0.39, 0.29) is 16.8 Å². The molecule has 2 rings (SSSR count). The molecule has 0 amide bonds. The summed E-state index contributed by atoms with van der Waals surface area (Å²) in [6, 6.07) is 9.37. The molecule has 0 aliphatic rings. The molecule has 0 aliphatic heterocycles. The van der Waals surface area contributed by atoms with Gasteiger partial charge in [0.05, 0.1) is 5.56 Å². The normalized spacial score (nSPS) is 10.3. The van der Waals surface area contributed by atoms with Crippen molar-refractivity contribution in [3.8, 4) is 5.69 Å². The van der Waals surface area contributed by atoms with Crippen molar-refractivity contribution in [3.63, 3.8) is 0 Å². The number of benzene rings is 1. The molecular weight excluding hydrogens is 226 g/mol. The first-order valence-corrected chi connectivity index (χ1v) is 5.64. The summed E-state index contributed by atoms with van der Waals surface area (Å²) in [6.45, 7) is 3.86. The van der Waals surface area contributed by atoms with Gasteiger partial charge in [0.25, 0.3) is 0 Å². The molecule has 3 N–H and O–H groups in total. The van der Waals surface area contributed by atoms with Gasteiger partial charge in [-0.05, 0) is 25.5 Å². The highest BCUT2D eigenvalue weighted by Gasteiger charge is 2.08. The van der Waals surface area contributed by atoms with Gasteiger partial charge in [-0.3, -0.25) is 10.2 Å². The molecule has 0 bridgehead atoms. The lowest BCUT2D eigenvalue weighted by Crippen LogP contribution is -2.23. The zero-order valence-electron chi connectivity index (χ0n) is 10.4. The molecule has 18 heavy (non-hydrogen) atoms. The summed E-state index contributed by atoms with van der Waals surface area (Å²) >= 11 is 0. The minimum atomic E-state index is -0.218. The van der Waals surface area contributed by atoms with Crippen molar-refractivity contribution in [3.05, 3.63) is 63.6 Å². The van der Waals surface area contributed by atoms with E-state index in [0.717, 1.165) is 16.9 Å². The molecule has 2 aromatic rings. The van der Waals surface area contributed by atoms with Gasteiger partial charge in [0.2, 0.25) is 0 Å². The number of aryl methyl sites for hydroxylation is 2. The Bertz CT molecular complexity index is 671. The van der Waals surface area contributed by atoms with E-state index in [0.29, 0.717) is 0 Å². The van der Waals surface area contributed by atoms with Crippen LogP contribution < -0.4 is 11.2 Å². The number of rotatable bonds is 2. The largest absolute Gasteiger partial charge is 0.384 e. The summed E-state index contributed by atoms with van der Waals surface area (Å²) in [5.41, 5.74) is 8.33. The number of aromatic nitrogens is 1. The van der Waals surface area contributed by atoms with Crippen LogP contribution in [-0.4, -0.2) is 10.4 Å². The number of nitrogens with two attached hydrogens (primary N) is 1. The van der Waals surface area contributed by atoms with Crippen molar-refractivity contribution in [2.45, 2.75) is 13.8 Å². The average molecular weight is 241 g/mol.